The number of benzene rings is 2. The summed E-state index contributed by atoms with van der Waals surface area (Å²) in [5.74, 6) is -6.06. The van der Waals surface area contributed by atoms with E-state index >= 15 is 0 Å². The Hall–Kier alpha value is -4.01. The van der Waals surface area contributed by atoms with E-state index in [9.17, 15) is 27.2 Å². The van der Waals surface area contributed by atoms with Gasteiger partial charge in [-0.1, -0.05) is 30.3 Å². The molecule has 4 rings (SSSR count). The molecule has 0 saturated carbocycles. The molecule has 2 atom stereocenters. The molecule has 0 aliphatic heterocycles. The molecule has 2 heterocycles. The summed E-state index contributed by atoms with van der Waals surface area (Å²) >= 11 is 0. The molecule has 2 aromatic carbocycles. The molecule has 9 heteroatoms. The summed E-state index contributed by atoms with van der Waals surface area (Å²) in [7, 11) is 0. The SMILES string of the molecule is CC(NC(=O)C(Cc1ccccc1)c1cc2c(F)c(F)ccc2oc1=O)c1ncc(F)cc1F. The van der Waals surface area contributed by atoms with Gasteiger partial charge in [0.15, 0.2) is 11.6 Å². The number of fused-ring (bicyclic) bond motifs is 1. The van der Waals surface area contributed by atoms with Crippen LogP contribution >= 0.6 is 0 Å². The number of amides is 1. The Balaban J connectivity index is 1.75. The molecule has 0 bridgehead atoms. The number of hydrogen-bond donors (Lipinski definition) is 1. The largest absolute Gasteiger partial charge is 0.422 e. The van der Waals surface area contributed by atoms with Crippen molar-refractivity contribution in [2.75, 3.05) is 0 Å². The smallest absolute Gasteiger partial charge is 0.340 e. The van der Waals surface area contributed by atoms with Gasteiger partial charge in [0.25, 0.3) is 0 Å². The van der Waals surface area contributed by atoms with Gasteiger partial charge in [0.1, 0.15) is 17.2 Å². The van der Waals surface area contributed by atoms with Gasteiger partial charge in [-0.05, 0) is 37.1 Å². The molecule has 0 spiro atoms. The fraction of sp³-hybridized carbons (Fsp3) is 0.160. The number of halogens is 4. The van der Waals surface area contributed by atoms with Crippen molar-refractivity contribution >= 4 is 16.9 Å². The van der Waals surface area contributed by atoms with Crippen molar-refractivity contribution < 1.29 is 26.8 Å². The van der Waals surface area contributed by atoms with Crippen LogP contribution in [0.3, 0.4) is 0 Å². The first-order valence-electron chi connectivity index (χ1n) is 10.3. The molecule has 4 aromatic rings. The molecule has 0 saturated heterocycles. The first-order chi connectivity index (χ1) is 16.2. The zero-order valence-electron chi connectivity index (χ0n) is 17.8. The second-order valence-electron chi connectivity index (χ2n) is 7.76. The third kappa shape index (κ3) is 4.68. The highest BCUT2D eigenvalue weighted by Crippen LogP contribution is 2.26. The molecule has 34 heavy (non-hydrogen) atoms. The Labute approximate surface area is 191 Å². The minimum atomic E-state index is -1.22. The summed E-state index contributed by atoms with van der Waals surface area (Å²) < 4.78 is 60.7. The minimum absolute atomic E-state index is 0.0198. The molecular weight excluding hydrogens is 452 g/mol. The fourth-order valence-electron chi connectivity index (χ4n) is 3.71. The van der Waals surface area contributed by atoms with Crippen LogP contribution < -0.4 is 10.9 Å². The number of pyridine rings is 1. The zero-order valence-corrected chi connectivity index (χ0v) is 17.8. The maximum Gasteiger partial charge on any atom is 0.340 e. The lowest BCUT2D eigenvalue weighted by Crippen LogP contribution is -2.35. The van der Waals surface area contributed by atoms with E-state index in [1.54, 1.807) is 30.3 Å². The molecule has 0 fully saturated rings. The first kappa shape index (κ1) is 23.2. The van der Waals surface area contributed by atoms with E-state index in [0.717, 1.165) is 24.4 Å². The van der Waals surface area contributed by atoms with Gasteiger partial charge in [-0.25, -0.2) is 22.4 Å². The first-order valence-corrected chi connectivity index (χ1v) is 10.3. The molecule has 2 aromatic heterocycles. The van der Waals surface area contributed by atoms with Gasteiger partial charge < -0.3 is 9.73 Å². The maximum atomic E-state index is 14.4. The van der Waals surface area contributed by atoms with Crippen LogP contribution in [0.15, 0.2) is 70.0 Å². The predicted octanol–water partition coefficient (Wildman–Crippen LogP) is 4.95. The maximum absolute atomic E-state index is 14.4. The fourth-order valence-corrected chi connectivity index (χ4v) is 3.71. The number of carbonyl (C=O) groups excluding carboxylic acids is 1. The van der Waals surface area contributed by atoms with Crippen molar-refractivity contribution in [2.24, 2.45) is 0 Å². The quantitative estimate of drug-likeness (QED) is 0.320. The van der Waals surface area contributed by atoms with Crippen LogP contribution in [-0.4, -0.2) is 10.9 Å². The second-order valence-corrected chi connectivity index (χ2v) is 7.76. The van der Waals surface area contributed by atoms with Gasteiger partial charge in [-0.15, -0.1) is 0 Å². The number of nitrogens with one attached hydrogen (secondary N) is 1. The van der Waals surface area contributed by atoms with E-state index in [1.165, 1.54) is 6.92 Å². The second kappa shape index (κ2) is 9.46. The van der Waals surface area contributed by atoms with E-state index in [0.29, 0.717) is 11.6 Å². The highest BCUT2D eigenvalue weighted by atomic mass is 19.2. The summed E-state index contributed by atoms with van der Waals surface area (Å²) in [5.41, 5.74) is -0.781. The lowest BCUT2D eigenvalue weighted by atomic mass is 9.91. The number of hydrogen-bond acceptors (Lipinski definition) is 4. The van der Waals surface area contributed by atoms with Gasteiger partial charge in [-0.2, -0.15) is 0 Å². The Bertz CT molecular complexity index is 1420. The molecule has 174 valence electrons. The van der Waals surface area contributed by atoms with Gasteiger partial charge in [0.05, 0.1) is 34.8 Å². The van der Waals surface area contributed by atoms with Crippen molar-refractivity contribution in [3.05, 3.63) is 111 Å². The lowest BCUT2D eigenvalue weighted by molar-refractivity contribution is -0.123. The van der Waals surface area contributed by atoms with E-state index in [1.807, 2.05) is 0 Å². The van der Waals surface area contributed by atoms with Crippen LogP contribution in [0.2, 0.25) is 0 Å². The molecule has 5 nitrogen and oxygen atoms in total. The lowest BCUT2D eigenvalue weighted by Gasteiger charge is -2.20. The number of carbonyl (C=O) groups is 1. The average molecular weight is 470 g/mol. The topological polar surface area (TPSA) is 72.2 Å². The van der Waals surface area contributed by atoms with E-state index < -0.39 is 46.8 Å². The van der Waals surface area contributed by atoms with Crippen molar-refractivity contribution in [1.29, 1.82) is 0 Å². The van der Waals surface area contributed by atoms with Crippen LogP contribution in [-0.2, 0) is 11.2 Å². The van der Waals surface area contributed by atoms with Gasteiger partial charge in [0, 0.05) is 6.07 Å². The minimum Gasteiger partial charge on any atom is -0.422 e. The van der Waals surface area contributed by atoms with Crippen molar-refractivity contribution in [1.82, 2.24) is 10.3 Å². The summed E-state index contributed by atoms with van der Waals surface area (Å²) in [6.45, 7) is 1.44. The molecule has 0 aliphatic carbocycles. The van der Waals surface area contributed by atoms with E-state index in [2.05, 4.69) is 10.3 Å². The summed E-state index contributed by atoms with van der Waals surface area (Å²) in [5, 5.41) is 2.27. The summed E-state index contributed by atoms with van der Waals surface area (Å²) in [6.07, 6.45) is 0.837. The number of aromatic nitrogens is 1. The summed E-state index contributed by atoms with van der Waals surface area (Å²) in [4.78, 5) is 29.7. The van der Waals surface area contributed by atoms with Gasteiger partial charge >= 0.3 is 5.63 Å². The van der Waals surface area contributed by atoms with Crippen molar-refractivity contribution in [3.8, 4) is 0 Å². The van der Waals surface area contributed by atoms with Crippen molar-refractivity contribution in [3.63, 3.8) is 0 Å². The molecule has 0 aliphatic rings. The third-order valence-electron chi connectivity index (χ3n) is 5.41. The van der Waals surface area contributed by atoms with Gasteiger partial charge in [-0.3, -0.25) is 9.78 Å². The Morgan fingerprint density at radius 2 is 1.76 bits per heavy atom. The average Bonchev–Trinajstić information content (AvgIpc) is 2.80. The van der Waals surface area contributed by atoms with Crippen LogP contribution in [0.4, 0.5) is 17.6 Å². The van der Waals surface area contributed by atoms with Crippen molar-refractivity contribution in [2.45, 2.75) is 25.3 Å². The predicted molar refractivity (Wildman–Crippen MR) is 116 cm³/mol. The molecule has 1 amide bonds. The van der Waals surface area contributed by atoms with Crippen LogP contribution in [0.1, 0.15) is 35.7 Å². The normalized spacial score (nSPS) is 13.0. The molecule has 2 unspecified atom stereocenters. The van der Waals surface area contributed by atoms with E-state index in [-0.39, 0.29) is 28.6 Å². The number of rotatable bonds is 6. The van der Waals surface area contributed by atoms with Crippen LogP contribution in [0.25, 0.3) is 11.0 Å². The highest BCUT2D eigenvalue weighted by molar-refractivity contribution is 5.86. The zero-order chi connectivity index (χ0) is 24.4. The van der Waals surface area contributed by atoms with Crippen LogP contribution in [0, 0.1) is 23.3 Å². The third-order valence-corrected chi connectivity index (χ3v) is 5.41. The Morgan fingerprint density at radius 3 is 2.47 bits per heavy atom. The molecule has 0 radical (unpaired) electrons. The monoisotopic (exact) mass is 470 g/mol. The summed E-state index contributed by atoms with van der Waals surface area (Å²) in [6, 6.07) is 11.4. The molecule has 1 N–H and O–H groups in total. The Kier molecular flexibility index (Phi) is 6.45. The van der Waals surface area contributed by atoms with Crippen LogP contribution in [0.5, 0.6) is 0 Å². The van der Waals surface area contributed by atoms with Gasteiger partial charge in [0.2, 0.25) is 5.91 Å². The standard InChI is InChI=1S/C25H18F4N2O3/c1-13(23-20(28)10-15(26)12-30-23)31-24(32)16(9-14-5-3-2-4-6-14)17-11-18-21(34-25(17)33)8-7-19(27)22(18)29/h2-8,10-13,16H,9H2,1H3,(H,31,32). The number of nitrogens with zero attached hydrogens (tertiary/aromatic N) is 1. The highest BCUT2D eigenvalue weighted by Gasteiger charge is 2.28. The van der Waals surface area contributed by atoms with E-state index in [4.69, 9.17) is 4.42 Å². The molecular formula is C25H18F4N2O3. The Morgan fingerprint density at radius 1 is 1.03 bits per heavy atom.